The van der Waals surface area contributed by atoms with Gasteiger partial charge in [0.1, 0.15) is 30.2 Å². The summed E-state index contributed by atoms with van der Waals surface area (Å²) < 4.78 is 16.4. The summed E-state index contributed by atoms with van der Waals surface area (Å²) in [6.07, 6.45) is 1.37. The first-order valence-electron chi connectivity index (χ1n) is 9.68. The van der Waals surface area contributed by atoms with Crippen LogP contribution in [0.15, 0.2) is 67.0 Å². The molecule has 3 aromatic carbocycles. The van der Waals surface area contributed by atoms with E-state index in [1.807, 2.05) is 30.3 Å². The maximum atomic E-state index is 11.7. The van der Waals surface area contributed by atoms with Gasteiger partial charge < -0.3 is 19.5 Å². The molecule has 0 atom stereocenters. The molecule has 0 aliphatic heterocycles. The summed E-state index contributed by atoms with van der Waals surface area (Å²) in [7, 11) is 3.06. The first-order chi connectivity index (χ1) is 15.6. The third-order valence-electron chi connectivity index (χ3n) is 4.81. The highest BCUT2D eigenvalue weighted by molar-refractivity contribution is 5.93. The normalized spacial score (nSPS) is 10.2. The highest BCUT2D eigenvalue weighted by Crippen LogP contribution is 2.36. The van der Waals surface area contributed by atoms with Crippen molar-refractivity contribution < 1.29 is 19.1 Å². The predicted molar refractivity (Wildman–Crippen MR) is 127 cm³/mol. The summed E-state index contributed by atoms with van der Waals surface area (Å²) in [5.41, 5.74) is 1.71. The third-order valence-corrected chi connectivity index (χ3v) is 4.81. The molecule has 1 heterocycles. The Labute approximate surface area is 195 Å². The molecule has 4 rings (SSSR count). The summed E-state index contributed by atoms with van der Waals surface area (Å²) in [5.74, 6) is 1.81. The van der Waals surface area contributed by atoms with Crippen molar-refractivity contribution in [1.29, 1.82) is 0 Å². The van der Waals surface area contributed by atoms with Crippen LogP contribution in [0.25, 0.3) is 10.9 Å². The van der Waals surface area contributed by atoms with Gasteiger partial charge in [-0.25, -0.2) is 9.97 Å². The number of nitrogens with zero attached hydrogens (tertiary/aromatic N) is 3. The van der Waals surface area contributed by atoms with Crippen molar-refractivity contribution in [3.8, 4) is 17.2 Å². The van der Waals surface area contributed by atoms with Crippen LogP contribution in [0.1, 0.15) is 5.56 Å². The number of nitro groups is 1. The van der Waals surface area contributed by atoms with Gasteiger partial charge >= 0.3 is 0 Å². The minimum Gasteiger partial charge on any atom is -0.493 e. The number of hydrogen-bond acceptors (Lipinski definition) is 8. The van der Waals surface area contributed by atoms with Crippen molar-refractivity contribution in [1.82, 2.24) is 9.97 Å². The Balaban J connectivity index is 0.00000306. The lowest BCUT2D eigenvalue weighted by Gasteiger charge is -2.13. The number of hydrogen-bond donors (Lipinski definition) is 1. The third kappa shape index (κ3) is 5.21. The summed E-state index contributed by atoms with van der Waals surface area (Å²) in [5, 5.41) is 15.4. The largest absolute Gasteiger partial charge is 0.493 e. The molecule has 4 aromatic rings. The highest BCUT2D eigenvalue weighted by Gasteiger charge is 2.18. The van der Waals surface area contributed by atoms with Crippen molar-refractivity contribution in [2.45, 2.75) is 6.61 Å². The molecular weight excluding hydrogens is 448 g/mol. The maximum Gasteiger partial charge on any atom is 0.296 e. The van der Waals surface area contributed by atoms with Crippen LogP contribution in [0.2, 0.25) is 0 Å². The zero-order chi connectivity index (χ0) is 22.5. The molecule has 9 nitrogen and oxygen atoms in total. The van der Waals surface area contributed by atoms with Crippen LogP contribution >= 0.6 is 12.4 Å². The second-order valence-corrected chi connectivity index (χ2v) is 6.78. The molecule has 0 bridgehead atoms. The fourth-order valence-corrected chi connectivity index (χ4v) is 3.21. The number of rotatable bonds is 8. The van der Waals surface area contributed by atoms with Crippen molar-refractivity contribution >= 4 is 40.5 Å². The molecule has 0 aliphatic carbocycles. The fourth-order valence-electron chi connectivity index (χ4n) is 3.21. The first kappa shape index (κ1) is 23.6. The minimum atomic E-state index is -0.468. The van der Waals surface area contributed by atoms with Gasteiger partial charge in [0.05, 0.1) is 30.7 Å². The van der Waals surface area contributed by atoms with Crippen molar-refractivity contribution in [3.05, 3.63) is 82.7 Å². The average Bonchev–Trinajstić information content (AvgIpc) is 2.83. The molecule has 0 aliphatic rings. The first-order valence-corrected chi connectivity index (χ1v) is 9.68. The van der Waals surface area contributed by atoms with Crippen LogP contribution in [0.4, 0.5) is 17.2 Å². The Morgan fingerprint density at radius 2 is 1.70 bits per heavy atom. The zero-order valence-corrected chi connectivity index (χ0v) is 18.7. The number of nitro benzene ring substituents is 1. The van der Waals surface area contributed by atoms with Crippen LogP contribution in [-0.2, 0) is 6.61 Å². The summed E-state index contributed by atoms with van der Waals surface area (Å²) in [6, 6.07) is 17.7. The van der Waals surface area contributed by atoms with E-state index in [-0.39, 0.29) is 23.8 Å². The quantitative estimate of drug-likeness (QED) is 0.274. The van der Waals surface area contributed by atoms with Crippen LogP contribution in [0.5, 0.6) is 17.2 Å². The molecule has 10 heteroatoms. The molecule has 0 fully saturated rings. The molecule has 0 amide bonds. The monoisotopic (exact) mass is 468 g/mol. The standard InChI is InChI=1S/C23H20N4O5.ClH/c1-30-21-11-17-19(12-22(21)31-2)24-14-25-23(17)26-18-9-8-16(10-20(18)27(28)29)32-13-15-6-4-3-5-7-15;/h3-12,14H,13H2,1-2H3,(H,24,25,26);1H. The average molecular weight is 469 g/mol. The molecule has 0 saturated carbocycles. The van der Waals surface area contributed by atoms with Crippen LogP contribution in [-0.4, -0.2) is 29.1 Å². The van der Waals surface area contributed by atoms with E-state index in [0.29, 0.717) is 40.6 Å². The molecular formula is C23H21ClN4O5. The van der Waals surface area contributed by atoms with Gasteiger partial charge in [-0.05, 0) is 23.8 Å². The van der Waals surface area contributed by atoms with Gasteiger partial charge in [-0.2, -0.15) is 0 Å². The molecule has 1 N–H and O–H groups in total. The SMILES string of the molecule is COc1cc2ncnc(Nc3ccc(OCc4ccccc4)cc3[N+](=O)[O-])c2cc1OC.Cl. The number of anilines is 2. The molecule has 33 heavy (non-hydrogen) atoms. The molecule has 1 aromatic heterocycles. The van der Waals surface area contributed by atoms with E-state index >= 15 is 0 Å². The van der Waals surface area contributed by atoms with Gasteiger partial charge in [-0.15, -0.1) is 12.4 Å². The van der Waals surface area contributed by atoms with Gasteiger partial charge in [0.2, 0.25) is 0 Å². The van der Waals surface area contributed by atoms with E-state index < -0.39 is 4.92 Å². The number of ether oxygens (including phenoxy) is 3. The van der Waals surface area contributed by atoms with E-state index in [1.165, 1.54) is 26.6 Å². The molecule has 0 unspecified atom stereocenters. The highest BCUT2D eigenvalue weighted by atomic mass is 35.5. The van der Waals surface area contributed by atoms with Crippen LogP contribution in [0.3, 0.4) is 0 Å². The lowest BCUT2D eigenvalue weighted by atomic mass is 10.2. The minimum absolute atomic E-state index is 0. The van der Waals surface area contributed by atoms with E-state index in [0.717, 1.165) is 5.56 Å². The van der Waals surface area contributed by atoms with Gasteiger partial charge in [-0.1, -0.05) is 30.3 Å². The number of aromatic nitrogens is 2. The lowest BCUT2D eigenvalue weighted by Crippen LogP contribution is -2.02. The summed E-state index contributed by atoms with van der Waals surface area (Å²) >= 11 is 0. The molecule has 0 saturated heterocycles. The summed E-state index contributed by atoms with van der Waals surface area (Å²) in [4.78, 5) is 19.8. The van der Waals surface area contributed by atoms with E-state index in [2.05, 4.69) is 15.3 Å². The van der Waals surface area contributed by atoms with Gasteiger partial charge in [0, 0.05) is 11.5 Å². The van der Waals surface area contributed by atoms with Gasteiger partial charge in [0.15, 0.2) is 11.5 Å². The molecule has 0 spiro atoms. The zero-order valence-electron chi connectivity index (χ0n) is 17.8. The van der Waals surface area contributed by atoms with Gasteiger partial charge in [0.25, 0.3) is 5.69 Å². The van der Waals surface area contributed by atoms with Crippen molar-refractivity contribution in [2.75, 3.05) is 19.5 Å². The maximum absolute atomic E-state index is 11.7. The Hall–Kier alpha value is -4.11. The Morgan fingerprint density at radius 3 is 2.39 bits per heavy atom. The van der Waals surface area contributed by atoms with Crippen molar-refractivity contribution in [3.63, 3.8) is 0 Å². The number of halogens is 1. The Kier molecular flexibility index (Phi) is 7.47. The number of nitrogens with one attached hydrogen (secondary N) is 1. The molecule has 170 valence electrons. The van der Waals surface area contributed by atoms with E-state index in [1.54, 1.807) is 24.3 Å². The summed E-state index contributed by atoms with van der Waals surface area (Å²) in [6.45, 7) is 0.308. The van der Waals surface area contributed by atoms with E-state index in [9.17, 15) is 10.1 Å². The predicted octanol–water partition coefficient (Wildman–Crippen LogP) is 5.30. The number of fused-ring (bicyclic) bond motifs is 1. The van der Waals surface area contributed by atoms with E-state index in [4.69, 9.17) is 14.2 Å². The molecule has 0 radical (unpaired) electrons. The Morgan fingerprint density at radius 1 is 0.970 bits per heavy atom. The van der Waals surface area contributed by atoms with Crippen LogP contribution < -0.4 is 19.5 Å². The second-order valence-electron chi connectivity index (χ2n) is 6.78. The van der Waals surface area contributed by atoms with Crippen molar-refractivity contribution in [2.24, 2.45) is 0 Å². The van der Waals surface area contributed by atoms with Crippen LogP contribution in [0, 0.1) is 10.1 Å². The fraction of sp³-hybridized carbons (Fsp3) is 0.130. The smallest absolute Gasteiger partial charge is 0.296 e. The second kappa shape index (κ2) is 10.5. The topological polar surface area (TPSA) is 109 Å². The lowest BCUT2D eigenvalue weighted by molar-refractivity contribution is -0.384. The number of methoxy groups -OCH3 is 2. The Bertz CT molecular complexity index is 1270. The van der Waals surface area contributed by atoms with Gasteiger partial charge in [-0.3, -0.25) is 10.1 Å². The number of benzene rings is 3.